The van der Waals surface area contributed by atoms with Crippen molar-refractivity contribution in [3.05, 3.63) is 18.3 Å². The Morgan fingerprint density at radius 2 is 1.61 bits per heavy atom. The molecule has 2 fully saturated rings. The Morgan fingerprint density at radius 1 is 0.957 bits per heavy atom. The van der Waals surface area contributed by atoms with Gasteiger partial charge in [-0.25, -0.2) is 4.98 Å². The first-order chi connectivity index (χ1) is 11.3. The molecule has 0 atom stereocenters. The minimum atomic E-state index is 0.0689. The number of carbonyl (C=O) groups is 1. The number of amides is 1. The fourth-order valence-corrected chi connectivity index (χ4v) is 3.47. The van der Waals surface area contributed by atoms with E-state index in [-0.39, 0.29) is 5.91 Å². The van der Waals surface area contributed by atoms with Gasteiger partial charge in [0.05, 0.1) is 18.4 Å². The van der Waals surface area contributed by atoms with Crippen molar-refractivity contribution >= 4 is 17.4 Å². The van der Waals surface area contributed by atoms with Gasteiger partial charge < -0.3 is 10.2 Å². The third-order valence-electron chi connectivity index (χ3n) is 4.78. The third-order valence-corrected chi connectivity index (χ3v) is 4.78. The number of hydrogen-bond donors (Lipinski definition) is 1. The predicted molar refractivity (Wildman–Crippen MR) is 93.8 cm³/mol. The Kier molecular flexibility index (Phi) is 5.86. The van der Waals surface area contributed by atoms with Gasteiger partial charge in [-0.1, -0.05) is 12.8 Å². The van der Waals surface area contributed by atoms with Crippen LogP contribution in [0.1, 0.15) is 44.9 Å². The van der Waals surface area contributed by atoms with Gasteiger partial charge in [0.25, 0.3) is 0 Å². The van der Waals surface area contributed by atoms with E-state index < -0.39 is 0 Å². The van der Waals surface area contributed by atoms with Crippen molar-refractivity contribution < 1.29 is 4.79 Å². The van der Waals surface area contributed by atoms with Crippen molar-refractivity contribution in [2.75, 3.05) is 42.9 Å². The summed E-state index contributed by atoms with van der Waals surface area (Å²) in [6, 6.07) is 3.99. The topological polar surface area (TPSA) is 48.5 Å². The van der Waals surface area contributed by atoms with E-state index in [2.05, 4.69) is 20.1 Å². The number of pyridine rings is 1. The van der Waals surface area contributed by atoms with Gasteiger partial charge in [-0.15, -0.1) is 0 Å². The number of anilines is 2. The van der Waals surface area contributed by atoms with Gasteiger partial charge in [-0.3, -0.25) is 9.69 Å². The number of nitrogens with one attached hydrogen (secondary N) is 1. The molecule has 1 amide bonds. The number of rotatable bonds is 4. The molecule has 5 nitrogen and oxygen atoms in total. The molecule has 3 heterocycles. The summed E-state index contributed by atoms with van der Waals surface area (Å²) in [4.78, 5) is 21.3. The molecular weight excluding hydrogens is 288 g/mol. The molecule has 0 aliphatic carbocycles. The van der Waals surface area contributed by atoms with Crippen LogP contribution in [0, 0.1) is 0 Å². The molecule has 0 bridgehead atoms. The monoisotopic (exact) mass is 316 g/mol. The van der Waals surface area contributed by atoms with Crippen LogP contribution in [-0.2, 0) is 4.79 Å². The molecular formula is C18H28N4O. The first-order valence-corrected chi connectivity index (χ1v) is 9.04. The van der Waals surface area contributed by atoms with Crippen LogP contribution in [0.5, 0.6) is 0 Å². The summed E-state index contributed by atoms with van der Waals surface area (Å²) in [5.74, 6) is 1.09. The van der Waals surface area contributed by atoms with Crippen molar-refractivity contribution in [1.29, 1.82) is 0 Å². The second-order valence-electron chi connectivity index (χ2n) is 6.69. The highest BCUT2D eigenvalue weighted by Gasteiger charge is 2.14. The molecule has 0 saturated carbocycles. The molecule has 23 heavy (non-hydrogen) atoms. The van der Waals surface area contributed by atoms with Crippen molar-refractivity contribution in [2.45, 2.75) is 44.9 Å². The van der Waals surface area contributed by atoms with Crippen LogP contribution in [-0.4, -0.2) is 48.5 Å². The fourth-order valence-electron chi connectivity index (χ4n) is 3.47. The lowest BCUT2D eigenvalue weighted by atomic mass is 10.1. The summed E-state index contributed by atoms with van der Waals surface area (Å²) < 4.78 is 0. The first kappa shape index (κ1) is 16.2. The maximum absolute atomic E-state index is 12.2. The Hall–Kier alpha value is -1.62. The second-order valence-corrected chi connectivity index (χ2v) is 6.69. The van der Waals surface area contributed by atoms with Gasteiger partial charge in [-0.2, -0.15) is 0 Å². The average Bonchev–Trinajstić information content (AvgIpc) is 2.85. The van der Waals surface area contributed by atoms with Crippen molar-refractivity contribution in [2.24, 2.45) is 0 Å². The second kappa shape index (κ2) is 8.29. The molecule has 5 heteroatoms. The van der Waals surface area contributed by atoms with Crippen LogP contribution in [0.25, 0.3) is 0 Å². The molecule has 0 radical (unpaired) electrons. The number of likely N-dealkylation sites (tertiary alicyclic amines) is 1. The molecule has 1 aromatic heterocycles. The molecule has 2 aliphatic rings. The third kappa shape index (κ3) is 4.93. The Balaban J connectivity index is 1.49. The van der Waals surface area contributed by atoms with Crippen LogP contribution in [0.2, 0.25) is 0 Å². The quantitative estimate of drug-likeness (QED) is 0.928. The van der Waals surface area contributed by atoms with E-state index in [1.165, 1.54) is 44.9 Å². The molecule has 2 saturated heterocycles. The van der Waals surface area contributed by atoms with Crippen LogP contribution < -0.4 is 10.2 Å². The molecule has 1 aromatic rings. The van der Waals surface area contributed by atoms with Crippen LogP contribution >= 0.6 is 0 Å². The number of hydrogen-bond acceptors (Lipinski definition) is 4. The van der Waals surface area contributed by atoms with Gasteiger partial charge >= 0.3 is 0 Å². The lowest BCUT2D eigenvalue weighted by Crippen LogP contribution is -2.34. The Bertz CT molecular complexity index is 488. The number of piperidine rings is 1. The van der Waals surface area contributed by atoms with Crippen molar-refractivity contribution in [1.82, 2.24) is 9.88 Å². The van der Waals surface area contributed by atoms with Gasteiger partial charge in [0.15, 0.2) is 0 Å². The van der Waals surface area contributed by atoms with Gasteiger partial charge in [0.2, 0.25) is 5.91 Å². The van der Waals surface area contributed by atoms with Crippen LogP contribution in [0.4, 0.5) is 11.5 Å². The molecule has 1 N–H and O–H groups in total. The highest BCUT2D eigenvalue weighted by atomic mass is 16.2. The molecule has 0 unspecified atom stereocenters. The molecule has 126 valence electrons. The smallest absolute Gasteiger partial charge is 0.238 e. The number of carbonyl (C=O) groups excluding carboxylic acids is 1. The Labute approximate surface area is 139 Å². The number of nitrogens with zero attached hydrogens (tertiary/aromatic N) is 3. The highest BCUT2D eigenvalue weighted by molar-refractivity contribution is 5.92. The first-order valence-electron chi connectivity index (χ1n) is 9.04. The largest absolute Gasteiger partial charge is 0.357 e. The zero-order chi connectivity index (χ0) is 15.9. The maximum atomic E-state index is 12.2. The van der Waals surface area contributed by atoms with E-state index in [1.807, 2.05) is 12.1 Å². The normalized spacial score (nSPS) is 20.1. The zero-order valence-electron chi connectivity index (χ0n) is 14.0. The summed E-state index contributed by atoms with van der Waals surface area (Å²) in [5.41, 5.74) is 0.797. The van der Waals surface area contributed by atoms with E-state index in [1.54, 1.807) is 6.20 Å². The fraction of sp³-hybridized carbons (Fsp3) is 0.667. The van der Waals surface area contributed by atoms with E-state index >= 15 is 0 Å². The summed E-state index contributed by atoms with van der Waals surface area (Å²) in [7, 11) is 0. The Morgan fingerprint density at radius 3 is 2.26 bits per heavy atom. The van der Waals surface area contributed by atoms with Gasteiger partial charge in [0.1, 0.15) is 5.82 Å². The highest BCUT2D eigenvalue weighted by Crippen LogP contribution is 2.19. The van der Waals surface area contributed by atoms with Crippen molar-refractivity contribution in [3.63, 3.8) is 0 Å². The molecule has 0 aromatic carbocycles. The van der Waals surface area contributed by atoms with E-state index in [0.717, 1.165) is 37.7 Å². The average molecular weight is 316 g/mol. The lowest BCUT2D eigenvalue weighted by Gasteiger charge is -2.27. The minimum absolute atomic E-state index is 0.0689. The minimum Gasteiger partial charge on any atom is -0.357 e. The predicted octanol–water partition coefficient (Wildman–Crippen LogP) is 2.89. The molecule has 2 aliphatic heterocycles. The lowest BCUT2D eigenvalue weighted by molar-refractivity contribution is -0.117. The number of aromatic nitrogens is 1. The van der Waals surface area contributed by atoms with Crippen molar-refractivity contribution in [3.8, 4) is 0 Å². The van der Waals surface area contributed by atoms with E-state index in [0.29, 0.717) is 6.54 Å². The summed E-state index contributed by atoms with van der Waals surface area (Å²) in [5, 5.41) is 2.98. The summed E-state index contributed by atoms with van der Waals surface area (Å²) in [6.07, 6.45) is 10.6. The standard InChI is InChI=1S/C18H28N4O/c23-18(15-21-10-4-1-2-5-11-21)20-16-8-9-17(19-14-16)22-12-6-3-7-13-22/h8-9,14H,1-7,10-13,15H2,(H,20,23). The van der Waals surface area contributed by atoms with Gasteiger partial charge in [0, 0.05) is 13.1 Å². The van der Waals surface area contributed by atoms with Crippen LogP contribution in [0.3, 0.4) is 0 Å². The SMILES string of the molecule is O=C(CN1CCCCCC1)Nc1ccc(N2CCCCC2)nc1. The van der Waals surface area contributed by atoms with Crippen LogP contribution in [0.15, 0.2) is 18.3 Å². The van der Waals surface area contributed by atoms with E-state index in [9.17, 15) is 4.79 Å². The summed E-state index contributed by atoms with van der Waals surface area (Å²) >= 11 is 0. The van der Waals surface area contributed by atoms with Gasteiger partial charge in [-0.05, 0) is 57.3 Å². The zero-order valence-corrected chi connectivity index (χ0v) is 14.0. The summed E-state index contributed by atoms with van der Waals surface area (Å²) in [6.45, 7) is 4.76. The van der Waals surface area contributed by atoms with E-state index in [4.69, 9.17) is 0 Å². The molecule has 0 spiro atoms. The maximum Gasteiger partial charge on any atom is 0.238 e. The molecule has 3 rings (SSSR count).